The van der Waals surface area contributed by atoms with Crippen LogP contribution in [-0.4, -0.2) is 42.6 Å². The second kappa shape index (κ2) is 9.80. The van der Waals surface area contributed by atoms with Gasteiger partial charge in [-0.15, -0.1) is 0 Å². The van der Waals surface area contributed by atoms with Gasteiger partial charge < -0.3 is 14.6 Å². The first-order valence-electron chi connectivity index (χ1n) is 11.3. The summed E-state index contributed by atoms with van der Waals surface area (Å²) in [4.78, 5) is 8.43. The Labute approximate surface area is 197 Å². The van der Waals surface area contributed by atoms with Crippen LogP contribution in [0.2, 0.25) is 0 Å². The second-order valence-corrected chi connectivity index (χ2v) is 9.23. The number of anilines is 1. The van der Waals surface area contributed by atoms with Gasteiger partial charge in [-0.1, -0.05) is 46.3 Å². The summed E-state index contributed by atoms with van der Waals surface area (Å²) in [7, 11) is 0. The standard InChI is InChI=1S/C27H28BrN3O/c28-22-12-13-25-24(19-22)21(20-29-25)7-6-14-30-15-17-31(18-16-30)26-10-4-5-11-27(26)32-23-8-2-1-3-9-23/h1-5,8-13,19-20,29H,6-7,14-18H2. The van der Waals surface area contributed by atoms with E-state index in [1.54, 1.807) is 0 Å². The van der Waals surface area contributed by atoms with Gasteiger partial charge in [-0.25, -0.2) is 0 Å². The van der Waals surface area contributed by atoms with Crippen molar-refractivity contribution < 1.29 is 4.74 Å². The summed E-state index contributed by atoms with van der Waals surface area (Å²) in [5, 5.41) is 1.33. The predicted molar refractivity (Wildman–Crippen MR) is 136 cm³/mol. The molecule has 164 valence electrons. The van der Waals surface area contributed by atoms with E-state index in [0.29, 0.717) is 0 Å². The van der Waals surface area contributed by atoms with E-state index in [2.05, 4.69) is 73.3 Å². The lowest BCUT2D eigenvalue weighted by Gasteiger charge is -2.36. The average molecular weight is 490 g/mol. The SMILES string of the molecule is Brc1ccc2[nH]cc(CCCN3CCN(c4ccccc4Oc4ccccc4)CC3)c2c1. The number of hydrogen-bond donors (Lipinski definition) is 1. The number of aromatic nitrogens is 1. The normalized spacial score (nSPS) is 14.7. The van der Waals surface area contributed by atoms with Gasteiger partial charge >= 0.3 is 0 Å². The Bertz CT molecular complexity index is 1170. The summed E-state index contributed by atoms with van der Waals surface area (Å²) >= 11 is 3.59. The number of rotatable bonds is 7. The van der Waals surface area contributed by atoms with Gasteiger partial charge in [0.25, 0.3) is 0 Å². The third-order valence-electron chi connectivity index (χ3n) is 6.20. The molecule has 1 aliphatic heterocycles. The number of para-hydroxylation sites is 3. The minimum absolute atomic E-state index is 0.878. The number of aryl methyl sites for hydroxylation is 1. The van der Waals surface area contributed by atoms with Gasteiger partial charge in [0, 0.05) is 47.8 Å². The Kier molecular flexibility index (Phi) is 6.46. The van der Waals surface area contributed by atoms with E-state index in [0.717, 1.165) is 55.1 Å². The highest BCUT2D eigenvalue weighted by atomic mass is 79.9. The highest BCUT2D eigenvalue weighted by Gasteiger charge is 2.19. The zero-order valence-corrected chi connectivity index (χ0v) is 19.7. The van der Waals surface area contributed by atoms with Gasteiger partial charge in [-0.05, 0) is 67.4 Å². The smallest absolute Gasteiger partial charge is 0.150 e. The number of benzene rings is 3. The molecule has 0 atom stereocenters. The Balaban J connectivity index is 1.15. The molecule has 3 aromatic carbocycles. The van der Waals surface area contributed by atoms with Crippen molar-refractivity contribution in [3.63, 3.8) is 0 Å². The summed E-state index contributed by atoms with van der Waals surface area (Å²) in [6.45, 7) is 5.35. The van der Waals surface area contributed by atoms with Crippen LogP contribution < -0.4 is 9.64 Å². The third kappa shape index (κ3) is 4.84. The van der Waals surface area contributed by atoms with E-state index < -0.39 is 0 Å². The molecule has 0 aliphatic carbocycles. The van der Waals surface area contributed by atoms with E-state index in [1.165, 1.54) is 28.6 Å². The molecule has 1 fully saturated rings. The lowest BCUT2D eigenvalue weighted by molar-refractivity contribution is 0.254. The summed E-state index contributed by atoms with van der Waals surface area (Å²) in [6.07, 6.45) is 4.44. The molecule has 2 heterocycles. The number of fused-ring (bicyclic) bond motifs is 1. The van der Waals surface area contributed by atoms with Crippen LogP contribution in [-0.2, 0) is 6.42 Å². The first-order valence-corrected chi connectivity index (χ1v) is 12.1. The average Bonchev–Trinajstić information content (AvgIpc) is 3.23. The van der Waals surface area contributed by atoms with E-state index in [1.807, 2.05) is 36.4 Å². The van der Waals surface area contributed by atoms with E-state index in [9.17, 15) is 0 Å². The number of piperazine rings is 1. The van der Waals surface area contributed by atoms with Crippen molar-refractivity contribution in [3.8, 4) is 11.5 Å². The topological polar surface area (TPSA) is 31.5 Å². The molecule has 1 saturated heterocycles. The molecule has 1 aromatic heterocycles. The van der Waals surface area contributed by atoms with E-state index >= 15 is 0 Å². The second-order valence-electron chi connectivity index (χ2n) is 8.32. The fourth-order valence-corrected chi connectivity index (χ4v) is 4.84. The van der Waals surface area contributed by atoms with Gasteiger partial charge in [-0.3, -0.25) is 4.90 Å². The predicted octanol–water partition coefficient (Wildman–Crippen LogP) is 6.48. The summed E-state index contributed by atoms with van der Waals surface area (Å²) < 4.78 is 7.32. The number of nitrogens with zero attached hydrogens (tertiary/aromatic N) is 2. The monoisotopic (exact) mass is 489 g/mol. The summed E-state index contributed by atoms with van der Waals surface area (Å²) in [6, 6.07) is 24.8. The third-order valence-corrected chi connectivity index (χ3v) is 6.69. The maximum atomic E-state index is 6.18. The molecule has 0 spiro atoms. The first-order chi connectivity index (χ1) is 15.8. The highest BCUT2D eigenvalue weighted by Crippen LogP contribution is 2.32. The van der Waals surface area contributed by atoms with E-state index in [-0.39, 0.29) is 0 Å². The van der Waals surface area contributed by atoms with Crippen molar-refractivity contribution in [2.75, 3.05) is 37.6 Å². The molecule has 32 heavy (non-hydrogen) atoms. The molecular formula is C27H28BrN3O. The van der Waals surface area contributed by atoms with Gasteiger partial charge in [0.1, 0.15) is 5.75 Å². The minimum Gasteiger partial charge on any atom is -0.455 e. The van der Waals surface area contributed by atoms with Gasteiger partial charge in [0.15, 0.2) is 5.75 Å². The van der Waals surface area contributed by atoms with Crippen LogP contribution in [0.1, 0.15) is 12.0 Å². The molecule has 4 aromatic rings. The Morgan fingerprint density at radius 2 is 1.66 bits per heavy atom. The molecule has 4 nitrogen and oxygen atoms in total. The van der Waals surface area contributed by atoms with Crippen molar-refractivity contribution in [3.05, 3.63) is 89.0 Å². The molecule has 0 unspecified atom stereocenters. The van der Waals surface area contributed by atoms with Crippen LogP contribution in [0.4, 0.5) is 5.69 Å². The highest BCUT2D eigenvalue weighted by molar-refractivity contribution is 9.10. The fraction of sp³-hybridized carbons (Fsp3) is 0.259. The fourth-order valence-electron chi connectivity index (χ4n) is 4.48. The maximum absolute atomic E-state index is 6.18. The first kappa shape index (κ1) is 21.1. The zero-order valence-electron chi connectivity index (χ0n) is 18.1. The van der Waals surface area contributed by atoms with Gasteiger partial charge in [0.05, 0.1) is 5.69 Å². The van der Waals surface area contributed by atoms with Gasteiger partial charge in [0.2, 0.25) is 0 Å². The Hall–Kier alpha value is -2.76. The number of halogens is 1. The number of aromatic amines is 1. The number of H-pyrrole nitrogens is 1. The van der Waals surface area contributed by atoms with Crippen molar-refractivity contribution in [1.82, 2.24) is 9.88 Å². The molecule has 5 heteroatoms. The van der Waals surface area contributed by atoms with Crippen LogP contribution in [0.15, 0.2) is 83.5 Å². The largest absolute Gasteiger partial charge is 0.455 e. The van der Waals surface area contributed by atoms with E-state index in [4.69, 9.17) is 4.74 Å². The molecular weight excluding hydrogens is 462 g/mol. The number of ether oxygens (including phenoxy) is 1. The minimum atomic E-state index is 0.878. The van der Waals surface area contributed by atoms with Crippen LogP contribution >= 0.6 is 15.9 Å². The summed E-state index contributed by atoms with van der Waals surface area (Å²) in [5.41, 5.74) is 3.81. The molecule has 0 radical (unpaired) electrons. The lowest BCUT2D eigenvalue weighted by atomic mass is 10.1. The van der Waals surface area contributed by atoms with Crippen molar-refractivity contribution in [2.45, 2.75) is 12.8 Å². The molecule has 0 saturated carbocycles. The van der Waals surface area contributed by atoms with Crippen molar-refractivity contribution >= 4 is 32.5 Å². The quantitative estimate of drug-likeness (QED) is 0.322. The van der Waals surface area contributed by atoms with Crippen molar-refractivity contribution in [2.24, 2.45) is 0 Å². The van der Waals surface area contributed by atoms with Gasteiger partial charge in [-0.2, -0.15) is 0 Å². The van der Waals surface area contributed by atoms with Crippen molar-refractivity contribution in [1.29, 1.82) is 0 Å². The Morgan fingerprint density at radius 1 is 0.875 bits per heavy atom. The van der Waals surface area contributed by atoms with Crippen LogP contribution in [0, 0.1) is 0 Å². The molecule has 1 aliphatic rings. The Morgan fingerprint density at radius 3 is 2.50 bits per heavy atom. The molecule has 5 rings (SSSR count). The van der Waals surface area contributed by atoms with Crippen LogP contribution in [0.25, 0.3) is 10.9 Å². The van der Waals surface area contributed by atoms with Crippen LogP contribution in [0.3, 0.4) is 0 Å². The summed E-state index contributed by atoms with van der Waals surface area (Å²) in [5.74, 6) is 1.81. The molecule has 1 N–H and O–H groups in total. The lowest BCUT2D eigenvalue weighted by Crippen LogP contribution is -2.46. The number of hydrogen-bond acceptors (Lipinski definition) is 3. The van der Waals surface area contributed by atoms with Crippen LogP contribution in [0.5, 0.6) is 11.5 Å². The number of nitrogens with one attached hydrogen (secondary N) is 1. The molecule has 0 amide bonds. The zero-order chi connectivity index (χ0) is 21.8. The maximum Gasteiger partial charge on any atom is 0.150 e. The molecule has 0 bridgehead atoms.